The molecule has 2 rings (SSSR count). The van der Waals surface area contributed by atoms with E-state index in [4.69, 9.17) is 5.11 Å². The van der Waals surface area contributed by atoms with Gasteiger partial charge in [0, 0.05) is 37.8 Å². The SMILES string of the molecule is Cn1[nH]c([C@H]2CCCN(C(=O)CO)C2)cc1=O. The Morgan fingerprint density at radius 3 is 3.00 bits per heavy atom. The number of nitrogens with zero attached hydrogens (tertiary/aromatic N) is 2. The number of aromatic amines is 1. The molecule has 0 aliphatic carbocycles. The fourth-order valence-corrected chi connectivity index (χ4v) is 2.28. The molecular weight excluding hydrogens is 222 g/mol. The second kappa shape index (κ2) is 4.75. The Hall–Kier alpha value is -1.56. The number of hydrogen-bond acceptors (Lipinski definition) is 3. The normalized spacial score (nSPS) is 20.6. The van der Waals surface area contributed by atoms with E-state index in [1.807, 2.05) is 0 Å². The molecule has 0 unspecified atom stereocenters. The van der Waals surface area contributed by atoms with Crippen molar-refractivity contribution in [2.24, 2.45) is 7.05 Å². The van der Waals surface area contributed by atoms with Gasteiger partial charge in [-0.2, -0.15) is 0 Å². The van der Waals surface area contributed by atoms with Gasteiger partial charge < -0.3 is 10.0 Å². The molecular formula is C11H17N3O3. The standard InChI is InChI=1S/C11H17N3O3/c1-13-10(16)5-9(12-13)8-3-2-4-14(6-8)11(17)7-15/h5,8,12,15H,2-4,6-7H2,1H3/t8-/m0/s1. The first-order valence-corrected chi connectivity index (χ1v) is 5.76. The highest BCUT2D eigenvalue weighted by molar-refractivity contribution is 5.77. The Balaban J connectivity index is 2.12. The van der Waals surface area contributed by atoms with Crippen molar-refractivity contribution in [1.29, 1.82) is 0 Å². The molecule has 94 valence electrons. The van der Waals surface area contributed by atoms with Gasteiger partial charge in [0.2, 0.25) is 5.91 Å². The molecule has 6 heteroatoms. The predicted octanol–water partition coefficient (Wildman–Crippen LogP) is -0.588. The lowest BCUT2D eigenvalue weighted by atomic mass is 9.95. The van der Waals surface area contributed by atoms with Gasteiger partial charge in [0.05, 0.1) is 0 Å². The average molecular weight is 239 g/mol. The van der Waals surface area contributed by atoms with Gasteiger partial charge in [-0.05, 0) is 12.8 Å². The molecule has 0 saturated carbocycles. The zero-order valence-corrected chi connectivity index (χ0v) is 9.85. The molecule has 0 aromatic carbocycles. The number of aliphatic hydroxyl groups is 1. The van der Waals surface area contributed by atoms with Crippen molar-refractivity contribution in [3.05, 3.63) is 22.1 Å². The second-order valence-corrected chi connectivity index (χ2v) is 4.45. The molecule has 1 saturated heterocycles. The maximum Gasteiger partial charge on any atom is 0.266 e. The maximum atomic E-state index is 11.4. The van der Waals surface area contributed by atoms with Gasteiger partial charge in [0.15, 0.2) is 0 Å². The Bertz CT molecular complexity index is 463. The van der Waals surface area contributed by atoms with E-state index >= 15 is 0 Å². The van der Waals surface area contributed by atoms with Crippen molar-refractivity contribution in [2.45, 2.75) is 18.8 Å². The Kier molecular flexibility index (Phi) is 3.33. The molecule has 1 aromatic rings. The summed E-state index contributed by atoms with van der Waals surface area (Å²) in [5, 5.41) is 11.8. The minimum atomic E-state index is -0.446. The van der Waals surface area contributed by atoms with Crippen LogP contribution in [0.2, 0.25) is 0 Å². The summed E-state index contributed by atoms with van der Waals surface area (Å²) in [7, 11) is 1.67. The molecule has 0 bridgehead atoms. The van der Waals surface area contributed by atoms with Crippen LogP contribution in [0, 0.1) is 0 Å². The van der Waals surface area contributed by atoms with Gasteiger partial charge in [-0.3, -0.25) is 19.4 Å². The lowest BCUT2D eigenvalue weighted by molar-refractivity contribution is -0.135. The monoisotopic (exact) mass is 239 g/mol. The zero-order chi connectivity index (χ0) is 12.4. The number of rotatable bonds is 2. The van der Waals surface area contributed by atoms with Crippen LogP contribution in [0.3, 0.4) is 0 Å². The van der Waals surface area contributed by atoms with Crippen molar-refractivity contribution in [3.63, 3.8) is 0 Å². The molecule has 1 aliphatic rings. The largest absolute Gasteiger partial charge is 0.387 e. The van der Waals surface area contributed by atoms with Gasteiger partial charge >= 0.3 is 0 Å². The van der Waals surface area contributed by atoms with E-state index < -0.39 is 6.61 Å². The van der Waals surface area contributed by atoms with Crippen molar-refractivity contribution in [3.8, 4) is 0 Å². The Labute approximate surface area is 98.8 Å². The van der Waals surface area contributed by atoms with Crippen LogP contribution in [0.1, 0.15) is 24.5 Å². The Morgan fingerprint density at radius 1 is 1.65 bits per heavy atom. The van der Waals surface area contributed by atoms with E-state index in [0.717, 1.165) is 18.5 Å². The maximum absolute atomic E-state index is 11.4. The number of aryl methyl sites for hydroxylation is 1. The van der Waals surface area contributed by atoms with Gasteiger partial charge in [-0.1, -0.05) is 0 Å². The number of hydrogen-bond donors (Lipinski definition) is 2. The zero-order valence-electron chi connectivity index (χ0n) is 9.85. The number of piperidine rings is 1. The fraction of sp³-hybridized carbons (Fsp3) is 0.636. The van der Waals surface area contributed by atoms with Gasteiger partial charge in [0.25, 0.3) is 5.56 Å². The van der Waals surface area contributed by atoms with E-state index in [0.29, 0.717) is 13.1 Å². The summed E-state index contributed by atoms with van der Waals surface area (Å²) in [6.07, 6.45) is 1.85. The van der Waals surface area contributed by atoms with Crippen LogP contribution in [-0.2, 0) is 11.8 Å². The summed E-state index contributed by atoms with van der Waals surface area (Å²) in [5.74, 6) is -0.0823. The summed E-state index contributed by atoms with van der Waals surface area (Å²) >= 11 is 0. The summed E-state index contributed by atoms with van der Waals surface area (Å²) in [6.45, 7) is 0.810. The lowest BCUT2D eigenvalue weighted by Crippen LogP contribution is -2.40. The fourth-order valence-electron chi connectivity index (χ4n) is 2.28. The number of aliphatic hydroxyl groups excluding tert-OH is 1. The molecule has 1 aliphatic heterocycles. The highest BCUT2D eigenvalue weighted by atomic mass is 16.3. The van der Waals surface area contributed by atoms with Crippen molar-refractivity contribution >= 4 is 5.91 Å². The number of aromatic nitrogens is 2. The molecule has 1 atom stereocenters. The number of H-pyrrole nitrogens is 1. The average Bonchev–Trinajstić information content (AvgIpc) is 2.69. The van der Waals surface area contributed by atoms with Gasteiger partial charge in [-0.15, -0.1) is 0 Å². The highest BCUT2D eigenvalue weighted by Gasteiger charge is 2.25. The summed E-state index contributed by atoms with van der Waals surface area (Å²) < 4.78 is 1.43. The van der Waals surface area contributed by atoms with Crippen LogP contribution in [-0.4, -0.2) is 45.4 Å². The number of likely N-dealkylation sites (tertiary alicyclic amines) is 1. The molecule has 0 radical (unpaired) electrons. The first-order valence-electron chi connectivity index (χ1n) is 5.76. The topological polar surface area (TPSA) is 78.3 Å². The highest BCUT2D eigenvalue weighted by Crippen LogP contribution is 2.24. The third kappa shape index (κ3) is 2.41. The molecule has 1 amide bonds. The van der Waals surface area contributed by atoms with E-state index in [-0.39, 0.29) is 17.4 Å². The van der Waals surface area contributed by atoms with Gasteiger partial charge in [0.1, 0.15) is 6.61 Å². The number of carbonyl (C=O) groups excluding carboxylic acids is 1. The molecule has 6 nitrogen and oxygen atoms in total. The second-order valence-electron chi connectivity index (χ2n) is 4.45. The van der Waals surface area contributed by atoms with Crippen LogP contribution in [0.15, 0.2) is 10.9 Å². The van der Waals surface area contributed by atoms with Crippen LogP contribution in [0.4, 0.5) is 0 Å². The van der Waals surface area contributed by atoms with E-state index in [9.17, 15) is 9.59 Å². The van der Waals surface area contributed by atoms with Crippen molar-refractivity contribution in [1.82, 2.24) is 14.7 Å². The van der Waals surface area contributed by atoms with Crippen LogP contribution in [0.5, 0.6) is 0 Å². The molecule has 2 N–H and O–H groups in total. The van der Waals surface area contributed by atoms with Crippen LogP contribution in [0.25, 0.3) is 0 Å². The number of nitrogens with one attached hydrogen (secondary N) is 1. The van der Waals surface area contributed by atoms with E-state index in [1.165, 1.54) is 4.68 Å². The number of carbonyl (C=O) groups is 1. The van der Waals surface area contributed by atoms with Crippen LogP contribution >= 0.6 is 0 Å². The van der Waals surface area contributed by atoms with E-state index in [2.05, 4.69) is 5.10 Å². The third-order valence-corrected chi connectivity index (χ3v) is 3.26. The van der Waals surface area contributed by atoms with Crippen LogP contribution < -0.4 is 5.56 Å². The van der Waals surface area contributed by atoms with Crippen molar-refractivity contribution < 1.29 is 9.90 Å². The third-order valence-electron chi connectivity index (χ3n) is 3.26. The molecule has 1 aromatic heterocycles. The summed E-state index contributed by atoms with van der Waals surface area (Å²) in [6, 6.07) is 1.58. The molecule has 0 spiro atoms. The van der Waals surface area contributed by atoms with Gasteiger partial charge in [-0.25, -0.2) is 0 Å². The first kappa shape index (κ1) is 11.9. The molecule has 1 fully saturated rings. The minimum absolute atomic E-state index is 0.0643. The smallest absolute Gasteiger partial charge is 0.266 e. The Morgan fingerprint density at radius 2 is 2.41 bits per heavy atom. The minimum Gasteiger partial charge on any atom is -0.387 e. The first-order chi connectivity index (χ1) is 8.11. The molecule has 2 heterocycles. The predicted molar refractivity (Wildman–Crippen MR) is 61.7 cm³/mol. The summed E-state index contributed by atoms with van der Waals surface area (Å²) in [5.41, 5.74) is 0.804. The number of amides is 1. The molecule has 17 heavy (non-hydrogen) atoms. The lowest BCUT2D eigenvalue weighted by Gasteiger charge is -2.31. The van der Waals surface area contributed by atoms with E-state index in [1.54, 1.807) is 18.0 Å². The van der Waals surface area contributed by atoms with Crippen molar-refractivity contribution in [2.75, 3.05) is 19.7 Å². The quantitative estimate of drug-likeness (QED) is 0.724. The summed E-state index contributed by atoms with van der Waals surface area (Å²) in [4.78, 5) is 24.4.